The van der Waals surface area contributed by atoms with Crippen molar-refractivity contribution in [1.82, 2.24) is 0 Å². The number of hydrogen-bond acceptors (Lipinski definition) is 20. The monoisotopic (exact) mass is 1890 g/mol. The number of esters is 4. The number of carbonyl (C=O) groups excluding carboxylic acids is 4. The predicted molar refractivity (Wildman–Crippen MR) is 553 cm³/mol. The Hall–Kier alpha value is -7.80. The van der Waals surface area contributed by atoms with Crippen LogP contribution in [0.15, 0.2) is 170 Å². The van der Waals surface area contributed by atoms with E-state index in [-0.39, 0.29) is 48.8 Å². The summed E-state index contributed by atoms with van der Waals surface area (Å²) in [4.78, 5) is 47.6. The van der Waals surface area contributed by atoms with Gasteiger partial charge >= 0.3 is 23.9 Å². The average molecular weight is 1890 g/mol. The van der Waals surface area contributed by atoms with Gasteiger partial charge in [-0.2, -0.15) is 0 Å². The Balaban J connectivity index is 0.000000268. The standard InChI is InChI=1S/C19H18O3.C18H16O3.C11H14O3.C10H12O3.3C9H18O.3C8H16O.C4H8O.C3H6O/c1-19(2,21)12-22-18(20)17-15-9-5-3-7-13(15)11-14-8-4-6-10-16(14)17;1-12(19)11-21-18(20)17-15-8-4-2-6-13(15)10-14-7-3-5-9-16(14)17;1-11(2,13)8-14-10(12)9-6-4-3-5-7-9;1-8(11)7-13-10(12)9-5-3-2-4-6-9;3*1-8-6-4-5-7-9(8,2)10-3;3*1-7-5-3-4-6-8(7)9-2;1-4(2)3-5-4;1-3-2-4-3/h3-11,21H,12H2,1-2H3;2-10,12,19H,11H2,1H3;3-7,13H,8H2,1-2H3;2-6,8,11H,7H2,1H3;3*8H,4-7H2,1-3H3;3*7-8H,3-6H2,1-2H3;3H2,1-2H3;3H,2H2,1H3. The normalized spacial score (nSPS) is 24.9. The fourth-order valence-electron chi connectivity index (χ4n) is 17.3. The van der Waals surface area contributed by atoms with Gasteiger partial charge in [0.1, 0.15) is 26.4 Å². The number of benzene rings is 8. The largest absolute Gasteiger partial charge is 0.459 e. The van der Waals surface area contributed by atoms with Crippen molar-refractivity contribution in [2.24, 2.45) is 35.5 Å². The van der Waals surface area contributed by atoms with E-state index < -0.39 is 47.3 Å². The molecule has 0 spiro atoms. The molecule has 16 rings (SSSR count). The summed E-state index contributed by atoms with van der Waals surface area (Å²) in [6, 6.07) is 52.5. The second-order valence-corrected chi connectivity index (χ2v) is 41.1. The SMILES string of the molecule is CC(C)(O)COC(=O)c1c2ccccc2cc2ccccc12.CC(C)(O)COC(=O)c1ccccc1.CC(O)COC(=O)c1c2ccccc2cc2ccccc12.CC(O)COC(=O)c1ccccc1.CC1(C)CO1.CC1CO1.COC1(C)CCCCC1C.COC1(C)CCCCC1C.COC1(C)CCCCC1C.COC1CCCCC1C.COC1CCCCC1C.COC1CCCCC1C. The second-order valence-electron chi connectivity index (χ2n) is 41.1. The highest BCUT2D eigenvalue weighted by molar-refractivity contribution is 6.17. The van der Waals surface area contributed by atoms with E-state index in [1.165, 1.54) is 154 Å². The summed E-state index contributed by atoms with van der Waals surface area (Å²) in [6.07, 6.45) is 33.1. The van der Waals surface area contributed by atoms with E-state index in [1.807, 2.05) is 152 Å². The summed E-state index contributed by atoms with van der Waals surface area (Å²) in [7, 11) is 11.0. The third-order valence-electron chi connectivity index (χ3n) is 27.4. The van der Waals surface area contributed by atoms with Crippen LogP contribution in [-0.4, -0.2) is 197 Å². The van der Waals surface area contributed by atoms with Gasteiger partial charge in [-0.25, -0.2) is 19.2 Å². The van der Waals surface area contributed by atoms with E-state index in [0.717, 1.165) is 91.8 Å². The Kier molecular flexibility index (Phi) is 53.3. The van der Waals surface area contributed by atoms with E-state index in [9.17, 15) is 34.5 Å². The topological polar surface area (TPSA) is 267 Å². The number of hydrogen-bond donors (Lipinski definition) is 4. The van der Waals surface area contributed by atoms with Gasteiger partial charge in [-0.3, -0.25) is 0 Å². The number of carbonyl (C=O) groups is 4. The van der Waals surface area contributed by atoms with Crippen molar-refractivity contribution in [3.05, 3.63) is 192 Å². The van der Waals surface area contributed by atoms with Crippen LogP contribution in [-0.2, 0) is 56.8 Å². The summed E-state index contributed by atoms with van der Waals surface area (Å²) >= 11 is 0. The number of aliphatic hydroxyl groups excluding tert-OH is 2. The first-order valence-electron chi connectivity index (χ1n) is 50.4. The van der Waals surface area contributed by atoms with Gasteiger partial charge in [0.2, 0.25) is 0 Å². The first-order valence-corrected chi connectivity index (χ1v) is 50.4. The van der Waals surface area contributed by atoms with E-state index in [4.69, 9.17) is 61.9 Å². The molecule has 8 aromatic rings. The summed E-state index contributed by atoms with van der Waals surface area (Å²) < 4.78 is 62.2. The molecule has 2 aliphatic heterocycles. The molecule has 15 unspecified atom stereocenters. The Morgan fingerprint density at radius 1 is 0.368 bits per heavy atom. The minimum Gasteiger partial charge on any atom is -0.459 e. The number of methoxy groups -OCH3 is 6. The Labute approximate surface area is 817 Å². The maximum absolute atomic E-state index is 12.6. The van der Waals surface area contributed by atoms with Crippen LogP contribution >= 0.6 is 0 Å². The van der Waals surface area contributed by atoms with Crippen LogP contribution < -0.4 is 0 Å². The van der Waals surface area contributed by atoms with Gasteiger partial charge < -0.3 is 77.3 Å². The van der Waals surface area contributed by atoms with Crippen molar-refractivity contribution >= 4 is 67.0 Å². The number of rotatable bonds is 18. The van der Waals surface area contributed by atoms with Crippen LogP contribution in [0.2, 0.25) is 0 Å². The molecule has 2 heterocycles. The van der Waals surface area contributed by atoms with Crippen molar-refractivity contribution in [3.8, 4) is 0 Å². The van der Waals surface area contributed by atoms with Crippen molar-refractivity contribution in [2.45, 2.75) is 349 Å². The van der Waals surface area contributed by atoms with Gasteiger partial charge in [-0.05, 0) is 275 Å². The van der Waals surface area contributed by atoms with Crippen LogP contribution in [0.5, 0.6) is 0 Å². The molecule has 136 heavy (non-hydrogen) atoms. The molecule has 760 valence electrons. The average Bonchev–Trinajstić information content (AvgIpc) is 1.28. The van der Waals surface area contributed by atoms with Crippen LogP contribution in [0.3, 0.4) is 0 Å². The number of aliphatic hydroxyl groups is 4. The minimum atomic E-state index is -1.05. The van der Waals surface area contributed by atoms with Crippen LogP contribution in [0.4, 0.5) is 0 Å². The summed E-state index contributed by atoms with van der Waals surface area (Å²) in [5.41, 5.74) is 0.872. The molecule has 20 heteroatoms. The van der Waals surface area contributed by atoms with E-state index in [2.05, 4.69) is 95.2 Å². The maximum atomic E-state index is 12.6. The molecule has 15 atom stereocenters. The molecule has 6 aliphatic carbocycles. The lowest BCUT2D eigenvalue weighted by Gasteiger charge is -2.38. The van der Waals surface area contributed by atoms with Crippen molar-refractivity contribution < 1.29 is 96.4 Å². The van der Waals surface area contributed by atoms with Gasteiger partial charge in [0.15, 0.2) is 0 Å². The number of epoxide rings is 2. The van der Waals surface area contributed by atoms with Crippen LogP contribution in [0, 0.1) is 35.5 Å². The molecule has 8 aliphatic rings. The highest BCUT2D eigenvalue weighted by atomic mass is 16.6. The quantitative estimate of drug-likeness (QED) is 0.0269. The molecule has 8 aromatic carbocycles. The molecule has 6 saturated carbocycles. The molecule has 0 aromatic heterocycles. The fourth-order valence-corrected chi connectivity index (χ4v) is 17.3. The molecule has 0 amide bonds. The first kappa shape index (κ1) is 119. The summed E-state index contributed by atoms with van der Waals surface area (Å²) in [6.45, 7) is 38.1. The zero-order valence-corrected chi connectivity index (χ0v) is 87.6. The van der Waals surface area contributed by atoms with Gasteiger partial charge in [0.25, 0.3) is 0 Å². The lowest BCUT2D eigenvalue weighted by Crippen LogP contribution is -2.37. The third kappa shape index (κ3) is 43.9. The Morgan fingerprint density at radius 3 is 0.824 bits per heavy atom. The third-order valence-corrected chi connectivity index (χ3v) is 27.4. The molecule has 0 radical (unpaired) electrons. The van der Waals surface area contributed by atoms with Crippen molar-refractivity contribution in [1.29, 1.82) is 0 Å². The number of ether oxygens (including phenoxy) is 12. The zero-order valence-electron chi connectivity index (χ0n) is 87.6. The number of fused-ring (bicyclic) bond motifs is 4. The second kappa shape index (κ2) is 61.0. The molecular weight excluding hydrogens is 1710 g/mol. The lowest BCUT2D eigenvalue weighted by molar-refractivity contribution is -0.0620. The van der Waals surface area contributed by atoms with Gasteiger partial charge in [-0.1, -0.05) is 252 Å². The maximum Gasteiger partial charge on any atom is 0.339 e. The zero-order chi connectivity index (χ0) is 101. The molecule has 4 N–H and O–H groups in total. The smallest absolute Gasteiger partial charge is 0.339 e. The predicted octanol–water partition coefficient (Wildman–Crippen LogP) is 25.9. The molecule has 8 fully saturated rings. The van der Waals surface area contributed by atoms with E-state index in [1.54, 1.807) is 90.1 Å². The Bertz CT molecular complexity index is 4430. The molecular formula is C116H176O20. The minimum absolute atomic E-state index is 0.000722. The highest BCUT2D eigenvalue weighted by Crippen LogP contribution is 2.39. The van der Waals surface area contributed by atoms with Crippen LogP contribution in [0.25, 0.3) is 43.1 Å². The van der Waals surface area contributed by atoms with E-state index >= 15 is 0 Å². The fraction of sp³-hybridized carbons (Fsp3) is 0.621. The van der Waals surface area contributed by atoms with Crippen molar-refractivity contribution in [3.63, 3.8) is 0 Å². The van der Waals surface area contributed by atoms with Gasteiger partial charge in [0, 0.05) is 42.7 Å². The van der Waals surface area contributed by atoms with Crippen molar-refractivity contribution in [2.75, 3.05) is 82.3 Å². The molecule has 20 nitrogen and oxygen atoms in total. The Morgan fingerprint density at radius 2 is 0.603 bits per heavy atom. The first-order chi connectivity index (χ1) is 64.5. The molecule has 2 saturated heterocycles. The highest BCUT2D eigenvalue weighted by Gasteiger charge is 2.36. The molecule has 0 bridgehead atoms. The van der Waals surface area contributed by atoms with Gasteiger partial charge in [-0.15, -0.1) is 0 Å². The summed E-state index contributed by atoms with van der Waals surface area (Å²) in [5.74, 6) is 2.99. The van der Waals surface area contributed by atoms with Crippen LogP contribution in [0.1, 0.15) is 320 Å². The van der Waals surface area contributed by atoms with E-state index in [0.29, 0.717) is 46.7 Å². The summed E-state index contributed by atoms with van der Waals surface area (Å²) in [5, 5.41) is 44.7. The van der Waals surface area contributed by atoms with Gasteiger partial charge in [0.05, 0.1) is 106 Å². The lowest BCUT2D eigenvalue weighted by atomic mass is 9.78.